The molecule has 1 aromatic carbocycles. The molecule has 1 aliphatic rings. The highest BCUT2D eigenvalue weighted by molar-refractivity contribution is 8.00. The lowest BCUT2D eigenvalue weighted by atomic mass is 9.99. The van der Waals surface area contributed by atoms with Gasteiger partial charge in [-0.1, -0.05) is 18.2 Å². The number of nitrogens with one attached hydrogen (secondary N) is 2. The number of methoxy groups -OCH3 is 1. The van der Waals surface area contributed by atoms with Crippen molar-refractivity contribution in [2.45, 2.75) is 31.1 Å². The number of aliphatic imine (C=N–C) groups is 1. The van der Waals surface area contributed by atoms with Gasteiger partial charge in [-0.05, 0) is 32.1 Å². The van der Waals surface area contributed by atoms with Crippen LogP contribution in [0.15, 0.2) is 29.3 Å². The molecule has 0 spiro atoms. The van der Waals surface area contributed by atoms with Gasteiger partial charge >= 0.3 is 0 Å². The van der Waals surface area contributed by atoms with E-state index in [0.29, 0.717) is 6.54 Å². The van der Waals surface area contributed by atoms with Crippen LogP contribution in [0.3, 0.4) is 0 Å². The van der Waals surface area contributed by atoms with Crippen molar-refractivity contribution in [2.75, 3.05) is 39.7 Å². The van der Waals surface area contributed by atoms with Crippen molar-refractivity contribution in [3.8, 4) is 5.75 Å². The molecule has 0 saturated carbocycles. The van der Waals surface area contributed by atoms with Gasteiger partial charge in [0, 0.05) is 36.6 Å². The number of hydrogen-bond donors (Lipinski definition) is 2. The zero-order chi connectivity index (χ0) is 17.3. The van der Waals surface area contributed by atoms with E-state index in [1.54, 1.807) is 7.11 Å². The second kappa shape index (κ2) is 9.79. The van der Waals surface area contributed by atoms with Crippen molar-refractivity contribution >= 4 is 17.7 Å². The fraction of sp³-hybridized carbons (Fsp3) is 0.611. The first-order valence-corrected chi connectivity index (χ1v) is 9.72. The number of thioether (sulfide) groups is 1. The molecular weight excluding hydrogens is 322 g/mol. The standard InChI is InChI=1S/C18H29N3O2S/c1-4-19-17(20-13-15-7-5-6-8-16(15)22-2)21-14-18(24-3)9-11-23-12-10-18/h5-8H,4,9-14H2,1-3H3,(H2,19,20,21). The molecule has 0 atom stereocenters. The summed E-state index contributed by atoms with van der Waals surface area (Å²) in [5, 5.41) is 6.84. The van der Waals surface area contributed by atoms with E-state index < -0.39 is 0 Å². The van der Waals surface area contributed by atoms with Crippen LogP contribution in [0.4, 0.5) is 0 Å². The SMILES string of the molecule is CCNC(=NCc1ccccc1OC)NCC1(SC)CCOCC1. The summed E-state index contributed by atoms with van der Waals surface area (Å²) in [5.74, 6) is 1.73. The number of rotatable bonds is 7. The molecule has 0 bridgehead atoms. The Bertz CT molecular complexity index is 531. The third kappa shape index (κ3) is 5.31. The number of benzene rings is 1. The monoisotopic (exact) mass is 351 g/mol. The van der Waals surface area contributed by atoms with Crippen LogP contribution in [0, 0.1) is 0 Å². The molecule has 1 aromatic rings. The zero-order valence-corrected chi connectivity index (χ0v) is 15.7. The first-order chi connectivity index (χ1) is 11.7. The lowest BCUT2D eigenvalue weighted by molar-refractivity contribution is 0.0783. The summed E-state index contributed by atoms with van der Waals surface area (Å²) in [7, 11) is 1.69. The molecule has 134 valence electrons. The fourth-order valence-electron chi connectivity index (χ4n) is 2.78. The van der Waals surface area contributed by atoms with Gasteiger partial charge < -0.3 is 20.1 Å². The molecule has 6 heteroatoms. The maximum Gasteiger partial charge on any atom is 0.191 e. The largest absolute Gasteiger partial charge is 0.496 e. The molecule has 0 aliphatic carbocycles. The van der Waals surface area contributed by atoms with Crippen LogP contribution >= 0.6 is 11.8 Å². The maximum absolute atomic E-state index is 5.51. The highest BCUT2D eigenvalue weighted by Gasteiger charge is 2.31. The maximum atomic E-state index is 5.51. The number of hydrogen-bond acceptors (Lipinski definition) is 4. The van der Waals surface area contributed by atoms with E-state index in [1.807, 2.05) is 36.0 Å². The number of ether oxygens (including phenoxy) is 2. The molecule has 0 amide bonds. The van der Waals surface area contributed by atoms with Crippen molar-refractivity contribution in [3.63, 3.8) is 0 Å². The predicted molar refractivity (Wildman–Crippen MR) is 102 cm³/mol. The van der Waals surface area contributed by atoms with Gasteiger partial charge in [0.1, 0.15) is 5.75 Å². The van der Waals surface area contributed by atoms with Crippen LogP contribution in [0.2, 0.25) is 0 Å². The molecule has 0 radical (unpaired) electrons. The number of nitrogens with zero attached hydrogens (tertiary/aromatic N) is 1. The third-order valence-corrected chi connectivity index (χ3v) is 5.78. The highest BCUT2D eigenvalue weighted by Crippen LogP contribution is 2.32. The minimum Gasteiger partial charge on any atom is -0.496 e. The quantitative estimate of drug-likeness (QED) is 0.584. The van der Waals surface area contributed by atoms with Gasteiger partial charge in [-0.2, -0.15) is 11.8 Å². The summed E-state index contributed by atoms with van der Waals surface area (Å²) in [4.78, 5) is 4.72. The van der Waals surface area contributed by atoms with Crippen molar-refractivity contribution in [1.82, 2.24) is 10.6 Å². The summed E-state index contributed by atoms with van der Waals surface area (Å²) in [6.07, 6.45) is 4.34. The molecule has 2 rings (SSSR count). The Hall–Kier alpha value is -1.40. The van der Waals surface area contributed by atoms with E-state index in [1.165, 1.54) is 0 Å². The van der Waals surface area contributed by atoms with Crippen LogP contribution in [0.25, 0.3) is 0 Å². The molecule has 2 N–H and O–H groups in total. The second-order valence-corrected chi connectivity index (χ2v) is 7.13. The smallest absolute Gasteiger partial charge is 0.191 e. The minimum atomic E-state index is 0.235. The Labute approximate surface area is 149 Å². The van der Waals surface area contributed by atoms with Gasteiger partial charge in [-0.25, -0.2) is 4.99 Å². The average Bonchev–Trinajstić information content (AvgIpc) is 2.65. The lowest BCUT2D eigenvalue weighted by Crippen LogP contribution is -2.47. The van der Waals surface area contributed by atoms with E-state index in [2.05, 4.69) is 23.8 Å². The minimum absolute atomic E-state index is 0.235. The summed E-state index contributed by atoms with van der Waals surface area (Å²) >= 11 is 1.93. The second-order valence-electron chi connectivity index (χ2n) is 5.86. The van der Waals surface area contributed by atoms with Crippen LogP contribution < -0.4 is 15.4 Å². The third-order valence-electron chi connectivity index (χ3n) is 4.36. The van der Waals surface area contributed by atoms with Crippen molar-refractivity contribution in [3.05, 3.63) is 29.8 Å². The zero-order valence-electron chi connectivity index (χ0n) is 14.9. The molecule has 24 heavy (non-hydrogen) atoms. The Morgan fingerprint density at radius 2 is 2.04 bits per heavy atom. The Morgan fingerprint density at radius 3 is 2.71 bits per heavy atom. The number of para-hydroxylation sites is 1. The van der Waals surface area contributed by atoms with E-state index in [4.69, 9.17) is 14.5 Å². The fourth-order valence-corrected chi connectivity index (χ4v) is 3.57. The molecule has 1 aliphatic heterocycles. The molecular formula is C18H29N3O2S. The van der Waals surface area contributed by atoms with Crippen molar-refractivity contribution < 1.29 is 9.47 Å². The lowest BCUT2D eigenvalue weighted by Gasteiger charge is -2.36. The molecule has 0 aromatic heterocycles. The van der Waals surface area contributed by atoms with Gasteiger partial charge in [0.15, 0.2) is 5.96 Å². The van der Waals surface area contributed by atoms with E-state index in [0.717, 1.165) is 56.4 Å². The Kier molecular flexibility index (Phi) is 7.72. The average molecular weight is 352 g/mol. The van der Waals surface area contributed by atoms with Crippen molar-refractivity contribution in [1.29, 1.82) is 0 Å². The van der Waals surface area contributed by atoms with Gasteiger partial charge in [0.2, 0.25) is 0 Å². The first kappa shape index (κ1) is 18.9. The highest BCUT2D eigenvalue weighted by atomic mass is 32.2. The molecule has 1 heterocycles. The first-order valence-electron chi connectivity index (χ1n) is 8.50. The summed E-state index contributed by atoms with van der Waals surface area (Å²) in [6.45, 7) is 6.10. The topological polar surface area (TPSA) is 54.9 Å². The molecule has 1 fully saturated rings. The molecule has 0 unspecified atom stereocenters. The van der Waals surface area contributed by atoms with Crippen LogP contribution in [-0.2, 0) is 11.3 Å². The normalized spacial score (nSPS) is 17.4. The Morgan fingerprint density at radius 1 is 1.29 bits per heavy atom. The van der Waals surface area contributed by atoms with Gasteiger partial charge in [0.05, 0.1) is 13.7 Å². The molecule has 5 nitrogen and oxygen atoms in total. The van der Waals surface area contributed by atoms with Crippen LogP contribution in [-0.4, -0.2) is 50.4 Å². The van der Waals surface area contributed by atoms with Gasteiger partial charge in [-0.3, -0.25) is 0 Å². The van der Waals surface area contributed by atoms with E-state index in [9.17, 15) is 0 Å². The van der Waals surface area contributed by atoms with Crippen LogP contribution in [0.5, 0.6) is 5.75 Å². The summed E-state index contributed by atoms with van der Waals surface area (Å²) in [5.41, 5.74) is 1.09. The van der Waals surface area contributed by atoms with E-state index >= 15 is 0 Å². The van der Waals surface area contributed by atoms with E-state index in [-0.39, 0.29) is 4.75 Å². The van der Waals surface area contributed by atoms with Crippen molar-refractivity contribution in [2.24, 2.45) is 4.99 Å². The van der Waals surface area contributed by atoms with Crippen LogP contribution in [0.1, 0.15) is 25.3 Å². The summed E-state index contributed by atoms with van der Waals surface area (Å²) in [6, 6.07) is 8.01. The van der Waals surface area contributed by atoms with Gasteiger partial charge in [-0.15, -0.1) is 0 Å². The predicted octanol–water partition coefficient (Wildman–Crippen LogP) is 2.66. The van der Waals surface area contributed by atoms with Gasteiger partial charge in [0.25, 0.3) is 0 Å². The molecule has 1 saturated heterocycles. The summed E-state index contributed by atoms with van der Waals surface area (Å²) < 4.78 is 11.1. The Balaban J connectivity index is 2.00. The number of guanidine groups is 1.